The minimum absolute atomic E-state index is 0.112. The maximum atomic E-state index is 16.7. The Bertz CT molecular complexity index is 3090. The van der Waals surface area contributed by atoms with Crippen molar-refractivity contribution in [3.63, 3.8) is 0 Å². The molecule has 3 aliphatic rings. The van der Waals surface area contributed by atoms with Gasteiger partial charge in [0, 0.05) is 17.5 Å². The highest BCUT2D eigenvalue weighted by Gasteiger charge is 2.76. The molecular weight excluding hydrogens is 891 g/mol. The summed E-state index contributed by atoms with van der Waals surface area (Å²) in [7, 11) is 0. The number of urea groups is 1. The number of imide groups is 1. The van der Waals surface area contributed by atoms with Gasteiger partial charge in [-0.15, -0.1) is 0 Å². The number of carbonyl (C=O) groups excluding carboxylic acids is 4. The van der Waals surface area contributed by atoms with E-state index in [9.17, 15) is 10.2 Å². The Balaban J connectivity index is 1.28. The van der Waals surface area contributed by atoms with Crippen LogP contribution in [0, 0.1) is 17.8 Å². The number of cyclic esters (lactones) is 1. The van der Waals surface area contributed by atoms with Crippen molar-refractivity contribution in [1.82, 2.24) is 15.2 Å². The second-order valence-electron chi connectivity index (χ2n) is 17.1. The average Bonchev–Trinajstić information content (AvgIpc) is 4.02. The van der Waals surface area contributed by atoms with Gasteiger partial charge in [0.15, 0.2) is 5.13 Å². The quantitative estimate of drug-likeness (QED) is 0.0733. The molecular formula is C55H47N5O8S. The molecule has 14 heteroatoms. The van der Waals surface area contributed by atoms with Crippen LogP contribution in [0.3, 0.4) is 0 Å². The summed E-state index contributed by atoms with van der Waals surface area (Å²) < 4.78 is 13.7. The van der Waals surface area contributed by atoms with Crippen molar-refractivity contribution < 1.29 is 38.9 Å². The van der Waals surface area contributed by atoms with Crippen LogP contribution in [0.25, 0.3) is 10.2 Å². The van der Waals surface area contributed by atoms with E-state index in [-0.39, 0.29) is 48.4 Å². The van der Waals surface area contributed by atoms with E-state index in [1.807, 2.05) is 127 Å². The topological polar surface area (TPSA) is 171 Å². The van der Waals surface area contributed by atoms with E-state index in [0.717, 1.165) is 20.7 Å². The maximum Gasteiger partial charge on any atom is 0.329 e. The number of amides is 4. The molecule has 0 unspecified atom stereocenters. The largest absolute Gasteiger partial charge is 0.491 e. The first-order valence-corrected chi connectivity index (χ1v) is 23.6. The van der Waals surface area contributed by atoms with Gasteiger partial charge in [-0.2, -0.15) is 0 Å². The molecule has 2 fully saturated rings. The Kier molecular flexibility index (Phi) is 12.5. The number of carbonyl (C=O) groups is 4. The number of anilines is 2. The molecule has 4 heterocycles. The number of aliphatic hydroxyl groups is 2. The summed E-state index contributed by atoms with van der Waals surface area (Å²) in [4.78, 5) is 71.1. The van der Waals surface area contributed by atoms with Crippen LogP contribution < -0.4 is 20.3 Å². The number of benzene rings is 6. The lowest BCUT2D eigenvalue weighted by atomic mass is 9.65. The lowest BCUT2D eigenvalue weighted by Gasteiger charge is -2.46. The smallest absolute Gasteiger partial charge is 0.329 e. The summed E-state index contributed by atoms with van der Waals surface area (Å²) in [5.74, 6) is 2.54. The molecule has 0 radical (unpaired) electrons. The van der Waals surface area contributed by atoms with Gasteiger partial charge in [0.2, 0.25) is 11.8 Å². The van der Waals surface area contributed by atoms with Crippen LogP contribution in [0.2, 0.25) is 0 Å². The number of ether oxygens (including phenoxy) is 2. The van der Waals surface area contributed by atoms with Crippen LogP contribution in [0.5, 0.6) is 5.75 Å². The summed E-state index contributed by atoms with van der Waals surface area (Å²) in [6, 6.07) is 42.8. The van der Waals surface area contributed by atoms with E-state index in [1.165, 1.54) is 11.3 Å². The number of rotatable bonds is 11. The molecule has 1 spiro atoms. The predicted octanol–water partition coefficient (Wildman–Crippen LogP) is 8.18. The number of esters is 1. The highest BCUT2D eigenvalue weighted by molar-refractivity contribution is 7.22. The molecule has 10 rings (SSSR count). The third kappa shape index (κ3) is 7.99. The van der Waals surface area contributed by atoms with Crippen LogP contribution in [-0.4, -0.2) is 69.8 Å². The molecule has 0 bridgehead atoms. The number of aliphatic hydroxyl groups excluding tert-OH is 2. The maximum absolute atomic E-state index is 16.7. The van der Waals surface area contributed by atoms with Gasteiger partial charge in [0.05, 0.1) is 53.2 Å². The van der Waals surface area contributed by atoms with Crippen LogP contribution in [0.1, 0.15) is 71.0 Å². The van der Waals surface area contributed by atoms with Crippen molar-refractivity contribution in [3.8, 4) is 17.6 Å². The fourth-order valence-electron chi connectivity index (χ4n) is 10.4. The van der Waals surface area contributed by atoms with Crippen LogP contribution >= 0.6 is 11.3 Å². The first-order chi connectivity index (χ1) is 33.7. The third-order valence-corrected chi connectivity index (χ3v) is 14.1. The zero-order valence-electron chi connectivity index (χ0n) is 37.4. The summed E-state index contributed by atoms with van der Waals surface area (Å²) in [5.41, 5.74) is 2.04. The summed E-state index contributed by atoms with van der Waals surface area (Å²) in [5, 5.41) is 26.2. The third-order valence-electron chi connectivity index (χ3n) is 13.1. The molecule has 2 saturated heterocycles. The van der Waals surface area contributed by atoms with Crippen molar-refractivity contribution in [3.05, 3.63) is 191 Å². The lowest BCUT2D eigenvalue weighted by Crippen LogP contribution is -2.55. The zero-order valence-corrected chi connectivity index (χ0v) is 38.2. The van der Waals surface area contributed by atoms with Crippen molar-refractivity contribution in [2.75, 3.05) is 30.0 Å². The van der Waals surface area contributed by atoms with Gasteiger partial charge in [0.25, 0.3) is 0 Å². The van der Waals surface area contributed by atoms with Crippen LogP contribution in [0.15, 0.2) is 158 Å². The zero-order chi connectivity index (χ0) is 47.6. The molecule has 346 valence electrons. The number of nitrogens with one attached hydrogen (secondary N) is 2. The van der Waals surface area contributed by atoms with E-state index in [0.29, 0.717) is 22.2 Å². The number of para-hydroxylation sites is 2. The number of hydrogen-bond acceptors (Lipinski definition) is 11. The van der Waals surface area contributed by atoms with Gasteiger partial charge < -0.3 is 30.3 Å². The van der Waals surface area contributed by atoms with Gasteiger partial charge in [-0.3, -0.25) is 19.3 Å². The second kappa shape index (κ2) is 19.1. The van der Waals surface area contributed by atoms with Crippen molar-refractivity contribution >= 4 is 56.2 Å². The minimum Gasteiger partial charge on any atom is -0.491 e. The molecule has 4 N–H and O–H groups in total. The van der Waals surface area contributed by atoms with Crippen LogP contribution in [0.4, 0.5) is 15.6 Å². The number of nitrogens with zero attached hydrogens (tertiary/aromatic N) is 3. The van der Waals surface area contributed by atoms with Crippen molar-refractivity contribution in [2.24, 2.45) is 5.92 Å². The van der Waals surface area contributed by atoms with E-state index in [2.05, 4.69) is 22.5 Å². The van der Waals surface area contributed by atoms with Gasteiger partial charge in [-0.05, 0) is 65.6 Å². The van der Waals surface area contributed by atoms with E-state index in [4.69, 9.17) is 14.5 Å². The first-order valence-electron chi connectivity index (χ1n) is 22.8. The minimum atomic E-state index is -2.11. The predicted molar refractivity (Wildman–Crippen MR) is 261 cm³/mol. The van der Waals surface area contributed by atoms with Gasteiger partial charge in [-0.25, -0.2) is 14.7 Å². The van der Waals surface area contributed by atoms with E-state index >= 15 is 19.2 Å². The number of fused-ring (bicyclic) bond motifs is 4. The normalized spacial score (nSPS) is 22.0. The Morgan fingerprint density at radius 2 is 1.51 bits per heavy atom. The molecule has 7 atom stereocenters. The van der Waals surface area contributed by atoms with Crippen molar-refractivity contribution in [1.29, 1.82) is 0 Å². The summed E-state index contributed by atoms with van der Waals surface area (Å²) in [6.07, 6.45) is -0.786. The van der Waals surface area contributed by atoms with Crippen LogP contribution in [-0.2, 0) is 24.5 Å². The molecule has 4 amide bonds. The number of thiazole rings is 1. The number of hydrogen-bond donors (Lipinski definition) is 4. The highest BCUT2D eigenvalue weighted by atomic mass is 32.1. The molecule has 0 saturated carbocycles. The number of morpholine rings is 1. The van der Waals surface area contributed by atoms with Gasteiger partial charge >= 0.3 is 12.0 Å². The molecule has 3 aliphatic heterocycles. The lowest BCUT2D eigenvalue weighted by molar-refractivity contribution is -0.177. The molecule has 1 aromatic heterocycles. The fraction of sp³-hybridized carbons (Fsp3) is 0.218. The molecule has 69 heavy (non-hydrogen) atoms. The fourth-order valence-corrected chi connectivity index (χ4v) is 11.2. The first kappa shape index (κ1) is 45.1. The van der Waals surface area contributed by atoms with Crippen molar-refractivity contribution in [2.45, 2.75) is 49.0 Å². The van der Waals surface area contributed by atoms with E-state index in [1.54, 1.807) is 42.5 Å². The Morgan fingerprint density at radius 1 is 0.826 bits per heavy atom. The standard InChI is InChI=1S/C55H47N5O8S/c1-34(36-18-5-2-6-19-36)56-54(66)59-42-29-28-35(17-15-16-30-61)33-40(42)55(52(59)65)45(50(63)58-53-57-41-25-12-14-27-44(41)69-53)47-51(64)68-48(38-22-9-4-10-23-38)46(37-20-7-3-8-21-37)60(47)49(55)39-24-11-13-26-43(39)67-32-31-62/h2-14,18-29,33-34,45-49,61-62H,16,30-32H2,1H3,(H,56,66)(H,57,58,63)/t34-,45+,46+,47+,48-,49-,55+/m1/s1. The SMILES string of the molecule is C[C@@H](NC(=O)N1C(=O)[C@@]2(c3cc(C#CCCO)ccc31)[C@H](C(=O)Nc1nc3ccccc3s1)[C@H]1C(=O)O[C@H](c3ccccc3)[C@H](c3ccccc3)N1[C@@H]2c1ccccc1OCCO)c1ccccc1. The molecule has 7 aromatic rings. The molecule has 13 nitrogen and oxygen atoms in total. The second-order valence-corrected chi connectivity index (χ2v) is 18.1. The Hall–Kier alpha value is -7.67. The monoisotopic (exact) mass is 937 g/mol. The Labute approximate surface area is 402 Å². The summed E-state index contributed by atoms with van der Waals surface area (Å²) in [6.45, 7) is 1.19. The Morgan fingerprint density at radius 3 is 2.23 bits per heavy atom. The van der Waals surface area contributed by atoms with Gasteiger partial charge in [0.1, 0.15) is 29.9 Å². The average molecular weight is 938 g/mol. The number of aromatic nitrogens is 1. The van der Waals surface area contributed by atoms with E-state index < -0.39 is 65.4 Å². The highest BCUT2D eigenvalue weighted by Crippen LogP contribution is 2.66. The summed E-state index contributed by atoms with van der Waals surface area (Å²) >= 11 is 1.24. The molecule has 0 aliphatic carbocycles. The molecule has 6 aromatic carbocycles. The van der Waals surface area contributed by atoms with Gasteiger partial charge in [-0.1, -0.05) is 145 Å².